The fraction of sp³-hybridized carbons (Fsp3) is 0.0769. The van der Waals surface area contributed by atoms with Gasteiger partial charge in [0.05, 0.1) is 6.54 Å². The van der Waals surface area contributed by atoms with Crippen LogP contribution in [0.15, 0.2) is 41.2 Å². The Kier molecular flexibility index (Phi) is 3.22. The number of anilines is 1. The van der Waals surface area contributed by atoms with Gasteiger partial charge in [-0.15, -0.1) is 6.42 Å². The summed E-state index contributed by atoms with van der Waals surface area (Å²) in [6, 6.07) is 7.66. The molecule has 1 aliphatic rings. The normalized spacial score (nSPS) is 12.5. The highest BCUT2D eigenvalue weighted by Crippen LogP contribution is 2.16. The van der Waals surface area contributed by atoms with Gasteiger partial charge in [-0.05, 0) is 6.07 Å². The molecule has 1 heterocycles. The summed E-state index contributed by atoms with van der Waals surface area (Å²) < 4.78 is 0. The number of benzene rings is 1. The van der Waals surface area contributed by atoms with Crippen molar-refractivity contribution in [2.75, 3.05) is 11.9 Å². The number of rotatable bonds is 2. The van der Waals surface area contributed by atoms with E-state index in [2.05, 4.69) is 21.5 Å². The van der Waals surface area contributed by atoms with Gasteiger partial charge in [0.2, 0.25) is 0 Å². The standard InChI is InChI=1S/C13H11N3O/c1-2-7-14-13(17)12-9-16-11-6-4-3-5-10(11)8-15-12/h1,3-6,8-9,16H,7H2,(H,14,17). The number of amides is 1. The molecule has 1 aromatic rings. The minimum atomic E-state index is -0.292. The molecule has 0 saturated carbocycles. The Morgan fingerprint density at radius 3 is 3.12 bits per heavy atom. The summed E-state index contributed by atoms with van der Waals surface area (Å²) in [4.78, 5) is 15.7. The van der Waals surface area contributed by atoms with Gasteiger partial charge in [-0.1, -0.05) is 24.1 Å². The lowest BCUT2D eigenvalue weighted by molar-refractivity contribution is -0.117. The van der Waals surface area contributed by atoms with Crippen LogP contribution in [0.5, 0.6) is 0 Å². The van der Waals surface area contributed by atoms with Gasteiger partial charge < -0.3 is 10.6 Å². The van der Waals surface area contributed by atoms with Crippen LogP contribution in [0.2, 0.25) is 0 Å². The van der Waals surface area contributed by atoms with Crippen molar-refractivity contribution < 1.29 is 4.79 Å². The maximum atomic E-state index is 11.6. The fourth-order valence-electron chi connectivity index (χ4n) is 1.41. The summed E-state index contributed by atoms with van der Waals surface area (Å²) in [5, 5.41) is 5.59. The Bertz CT molecular complexity index is 538. The Morgan fingerprint density at radius 1 is 1.47 bits per heavy atom. The molecule has 17 heavy (non-hydrogen) atoms. The molecule has 4 heteroatoms. The van der Waals surface area contributed by atoms with E-state index in [1.165, 1.54) is 0 Å². The SMILES string of the molecule is C#CCNC(=O)C1=CNc2ccccc2C=N1. The number of carbonyl (C=O) groups excluding carboxylic acids is 1. The van der Waals surface area contributed by atoms with Crippen LogP contribution < -0.4 is 10.6 Å². The summed E-state index contributed by atoms with van der Waals surface area (Å²) in [5.41, 5.74) is 2.15. The van der Waals surface area contributed by atoms with Crippen molar-refractivity contribution in [1.82, 2.24) is 5.32 Å². The molecular formula is C13H11N3O. The number of aliphatic imine (C=N–C) groups is 1. The maximum absolute atomic E-state index is 11.6. The molecule has 1 aromatic carbocycles. The molecule has 0 saturated heterocycles. The van der Waals surface area contributed by atoms with Crippen LogP contribution in [-0.2, 0) is 4.79 Å². The average molecular weight is 225 g/mol. The second kappa shape index (κ2) is 4.99. The Balaban J connectivity index is 2.18. The first-order chi connectivity index (χ1) is 8.31. The quantitative estimate of drug-likeness (QED) is 0.741. The highest BCUT2D eigenvalue weighted by atomic mass is 16.2. The van der Waals surface area contributed by atoms with Gasteiger partial charge in [0.25, 0.3) is 5.91 Å². The third kappa shape index (κ3) is 2.52. The van der Waals surface area contributed by atoms with E-state index >= 15 is 0 Å². The first kappa shape index (κ1) is 11.0. The van der Waals surface area contributed by atoms with E-state index in [9.17, 15) is 4.79 Å². The van der Waals surface area contributed by atoms with Crippen LogP contribution in [0.3, 0.4) is 0 Å². The highest BCUT2D eigenvalue weighted by molar-refractivity contribution is 5.99. The lowest BCUT2D eigenvalue weighted by Gasteiger charge is -2.02. The van der Waals surface area contributed by atoms with E-state index in [1.54, 1.807) is 12.4 Å². The van der Waals surface area contributed by atoms with Crippen LogP contribution in [-0.4, -0.2) is 18.7 Å². The first-order valence-corrected chi connectivity index (χ1v) is 5.13. The van der Waals surface area contributed by atoms with E-state index in [4.69, 9.17) is 6.42 Å². The average Bonchev–Trinajstić information content (AvgIpc) is 2.58. The molecule has 0 aliphatic carbocycles. The van der Waals surface area contributed by atoms with E-state index in [0.717, 1.165) is 11.3 Å². The summed E-state index contributed by atoms with van der Waals surface area (Å²) in [6.45, 7) is 0.193. The van der Waals surface area contributed by atoms with Crippen molar-refractivity contribution >= 4 is 17.8 Å². The van der Waals surface area contributed by atoms with Gasteiger partial charge in [-0.25, -0.2) is 4.99 Å². The minimum absolute atomic E-state index is 0.193. The number of carbonyl (C=O) groups is 1. The monoisotopic (exact) mass is 225 g/mol. The van der Waals surface area contributed by atoms with Crippen molar-refractivity contribution in [2.45, 2.75) is 0 Å². The van der Waals surface area contributed by atoms with Gasteiger partial charge in [-0.3, -0.25) is 4.79 Å². The third-order valence-corrected chi connectivity index (χ3v) is 2.25. The van der Waals surface area contributed by atoms with Gasteiger partial charge in [0, 0.05) is 23.7 Å². The van der Waals surface area contributed by atoms with Gasteiger partial charge in [-0.2, -0.15) is 0 Å². The van der Waals surface area contributed by atoms with E-state index in [1.807, 2.05) is 24.3 Å². The smallest absolute Gasteiger partial charge is 0.272 e. The molecule has 84 valence electrons. The molecule has 2 rings (SSSR count). The van der Waals surface area contributed by atoms with Crippen LogP contribution in [0.25, 0.3) is 0 Å². The zero-order valence-corrected chi connectivity index (χ0v) is 9.10. The zero-order valence-electron chi connectivity index (χ0n) is 9.10. The fourth-order valence-corrected chi connectivity index (χ4v) is 1.41. The molecule has 1 amide bonds. The molecule has 0 aromatic heterocycles. The number of nitrogens with zero attached hydrogens (tertiary/aromatic N) is 1. The van der Waals surface area contributed by atoms with Crippen molar-refractivity contribution in [3.8, 4) is 12.3 Å². The topological polar surface area (TPSA) is 53.5 Å². The number of hydrogen-bond donors (Lipinski definition) is 2. The largest absolute Gasteiger partial charge is 0.359 e. The lowest BCUT2D eigenvalue weighted by atomic mass is 10.2. The van der Waals surface area contributed by atoms with Crippen LogP contribution in [0, 0.1) is 12.3 Å². The van der Waals surface area contributed by atoms with E-state index < -0.39 is 0 Å². The van der Waals surface area contributed by atoms with E-state index in [0.29, 0.717) is 5.70 Å². The number of terminal acetylenes is 1. The van der Waals surface area contributed by atoms with E-state index in [-0.39, 0.29) is 12.5 Å². The summed E-state index contributed by atoms with van der Waals surface area (Å²) in [7, 11) is 0. The predicted octanol–water partition coefficient (Wildman–Crippen LogP) is 1.12. The summed E-state index contributed by atoms with van der Waals surface area (Å²) in [5.74, 6) is 2.05. The molecular weight excluding hydrogens is 214 g/mol. The first-order valence-electron chi connectivity index (χ1n) is 5.13. The molecule has 0 bridgehead atoms. The number of hydrogen-bond acceptors (Lipinski definition) is 3. The van der Waals surface area contributed by atoms with Crippen LogP contribution in [0.4, 0.5) is 5.69 Å². The van der Waals surface area contributed by atoms with Gasteiger partial charge in [0.15, 0.2) is 0 Å². The maximum Gasteiger partial charge on any atom is 0.272 e. The Labute approximate surface area is 99.4 Å². The van der Waals surface area contributed by atoms with Crippen LogP contribution >= 0.6 is 0 Å². The second-order valence-corrected chi connectivity index (χ2v) is 3.41. The lowest BCUT2D eigenvalue weighted by Crippen LogP contribution is -2.24. The molecule has 0 fully saturated rings. The molecule has 0 atom stereocenters. The number of para-hydroxylation sites is 1. The molecule has 0 radical (unpaired) electrons. The minimum Gasteiger partial charge on any atom is -0.359 e. The Hall–Kier alpha value is -2.54. The van der Waals surface area contributed by atoms with Gasteiger partial charge in [0.1, 0.15) is 5.70 Å². The molecule has 0 spiro atoms. The number of nitrogens with one attached hydrogen (secondary N) is 2. The molecule has 0 unspecified atom stereocenters. The summed E-state index contributed by atoms with van der Waals surface area (Å²) >= 11 is 0. The zero-order chi connectivity index (χ0) is 12.1. The molecule has 4 nitrogen and oxygen atoms in total. The van der Waals surface area contributed by atoms with Crippen molar-refractivity contribution in [1.29, 1.82) is 0 Å². The molecule has 1 aliphatic heterocycles. The van der Waals surface area contributed by atoms with Crippen molar-refractivity contribution in [3.63, 3.8) is 0 Å². The van der Waals surface area contributed by atoms with Crippen LogP contribution in [0.1, 0.15) is 5.56 Å². The predicted molar refractivity (Wildman–Crippen MR) is 67.6 cm³/mol. The van der Waals surface area contributed by atoms with Crippen molar-refractivity contribution in [2.24, 2.45) is 4.99 Å². The Morgan fingerprint density at radius 2 is 2.29 bits per heavy atom. The molecule has 2 N–H and O–H groups in total. The number of fused-ring (bicyclic) bond motifs is 1. The second-order valence-electron chi connectivity index (χ2n) is 3.41. The van der Waals surface area contributed by atoms with Crippen molar-refractivity contribution in [3.05, 3.63) is 41.7 Å². The highest BCUT2D eigenvalue weighted by Gasteiger charge is 2.10. The van der Waals surface area contributed by atoms with Gasteiger partial charge >= 0.3 is 0 Å². The summed E-state index contributed by atoms with van der Waals surface area (Å²) in [6.07, 6.45) is 8.28. The third-order valence-electron chi connectivity index (χ3n) is 2.25.